The van der Waals surface area contributed by atoms with Crippen molar-refractivity contribution in [3.05, 3.63) is 42.2 Å². The lowest BCUT2D eigenvalue weighted by atomic mass is 9.76. The van der Waals surface area contributed by atoms with Gasteiger partial charge in [-0.3, -0.25) is 14.6 Å². The zero-order chi connectivity index (χ0) is 19.4. The van der Waals surface area contributed by atoms with E-state index in [0.717, 1.165) is 5.69 Å². The Morgan fingerprint density at radius 2 is 2.19 bits per heavy atom. The fourth-order valence-electron chi connectivity index (χ4n) is 4.54. The Kier molecular flexibility index (Phi) is 4.14. The van der Waals surface area contributed by atoms with Crippen molar-refractivity contribution in [2.45, 2.75) is 44.4 Å². The van der Waals surface area contributed by atoms with Crippen LogP contribution >= 0.6 is 0 Å². The fraction of sp³-hybridized carbons (Fsp3) is 0.571. The summed E-state index contributed by atoms with van der Waals surface area (Å²) in [5.41, 5.74) is 0.0229. The van der Waals surface area contributed by atoms with Crippen molar-refractivity contribution in [3.8, 4) is 0 Å². The second-order valence-corrected chi connectivity index (χ2v) is 8.83. The van der Waals surface area contributed by atoms with Crippen LogP contribution in [0.4, 0.5) is 0 Å². The van der Waals surface area contributed by atoms with Crippen molar-refractivity contribution in [1.29, 1.82) is 0 Å². The van der Waals surface area contributed by atoms with Gasteiger partial charge in [0.2, 0.25) is 11.8 Å². The highest BCUT2D eigenvalue weighted by molar-refractivity contribution is 5.93. The number of carbonyl (C=O) groups is 2. The zero-order valence-electron chi connectivity index (χ0n) is 16.4. The number of hydrogen-bond donors (Lipinski definition) is 0. The molecule has 4 heterocycles. The van der Waals surface area contributed by atoms with Crippen LogP contribution in [0.3, 0.4) is 0 Å². The Bertz CT molecular complexity index is 786. The summed E-state index contributed by atoms with van der Waals surface area (Å²) in [4.78, 5) is 34.3. The summed E-state index contributed by atoms with van der Waals surface area (Å²) in [5.74, 6) is -0.845. The first-order valence-corrected chi connectivity index (χ1v) is 9.56. The molecule has 0 radical (unpaired) electrons. The van der Waals surface area contributed by atoms with Gasteiger partial charge in [0, 0.05) is 37.4 Å². The first-order valence-electron chi connectivity index (χ1n) is 9.56. The molecule has 0 N–H and O–H groups in total. The van der Waals surface area contributed by atoms with E-state index in [0.29, 0.717) is 19.5 Å². The Morgan fingerprint density at radius 3 is 2.85 bits per heavy atom. The van der Waals surface area contributed by atoms with Crippen molar-refractivity contribution >= 4 is 11.8 Å². The highest BCUT2D eigenvalue weighted by Gasteiger charge is 2.68. The number of nitrogens with zero attached hydrogens (tertiary/aromatic N) is 3. The molecular weight excluding hydrogens is 342 g/mol. The Hall–Kier alpha value is -2.21. The van der Waals surface area contributed by atoms with Crippen molar-refractivity contribution in [2.75, 3.05) is 20.1 Å². The van der Waals surface area contributed by atoms with Gasteiger partial charge in [-0.25, -0.2) is 0 Å². The van der Waals surface area contributed by atoms with Crippen LogP contribution in [0.1, 0.15) is 26.5 Å². The summed E-state index contributed by atoms with van der Waals surface area (Å²) in [7, 11) is 1.80. The number of likely N-dealkylation sites (tertiary alicyclic amines) is 1. The topological polar surface area (TPSA) is 62.7 Å². The lowest BCUT2D eigenvalue weighted by Crippen LogP contribution is -2.47. The number of carbonyl (C=O) groups excluding carboxylic acids is 2. The molecular formula is C21H27N3O3. The second-order valence-electron chi connectivity index (χ2n) is 8.83. The smallest absolute Gasteiger partial charge is 0.230 e. The highest BCUT2D eigenvalue weighted by Crippen LogP contribution is 2.53. The third-order valence-corrected chi connectivity index (χ3v) is 6.00. The van der Waals surface area contributed by atoms with Gasteiger partial charge in [-0.15, -0.1) is 0 Å². The second kappa shape index (κ2) is 6.16. The molecule has 0 saturated carbocycles. The standard InChI is InChI=1S/C21H27N3O3/c1-20(2,3)24-13-21-10-8-15(27-21)16(17(21)19(24)26)18(25)23(4)12-9-14-7-5-6-11-22-14/h5-8,10-11,15-17H,9,12-13H2,1-4H3/t15-,16+,17-,21-/m0/s1. The molecule has 6 nitrogen and oxygen atoms in total. The van der Waals surface area contributed by atoms with Crippen molar-refractivity contribution in [3.63, 3.8) is 0 Å². The minimum atomic E-state index is -0.642. The first kappa shape index (κ1) is 18.2. The maximum Gasteiger partial charge on any atom is 0.230 e. The summed E-state index contributed by atoms with van der Waals surface area (Å²) in [6.45, 7) is 7.16. The molecule has 2 bridgehead atoms. The molecule has 2 fully saturated rings. The monoisotopic (exact) mass is 369 g/mol. The van der Waals surface area contributed by atoms with Gasteiger partial charge >= 0.3 is 0 Å². The summed E-state index contributed by atoms with van der Waals surface area (Å²) in [6, 6.07) is 5.78. The Morgan fingerprint density at radius 1 is 1.41 bits per heavy atom. The normalized spacial score (nSPS) is 31.5. The van der Waals surface area contributed by atoms with Crippen LogP contribution in [0.5, 0.6) is 0 Å². The molecule has 6 heteroatoms. The van der Waals surface area contributed by atoms with Crippen molar-refractivity contribution in [2.24, 2.45) is 11.8 Å². The van der Waals surface area contributed by atoms with E-state index in [4.69, 9.17) is 4.74 Å². The SMILES string of the molecule is CN(CCc1ccccn1)C(=O)[C@@H]1[C@@H]2C=C[C@@]3(CN(C(C)(C)C)C(=O)[C@H]13)O2. The molecule has 1 aromatic rings. The third kappa shape index (κ3) is 2.87. The van der Waals surface area contributed by atoms with E-state index >= 15 is 0 Å². The first-order chi connectivity index (χ1) is 12.7. The van der Waals surface area contributed by atoms with Gasteiger partial charge in [0.05, 0.1) is 24.5 Å². The van der Waals surface area contributed by atoms with Gasteiger partial charge in [0.15, 0.2) is 0 Å². The Balaban J connectivity index is 1.51. The predicted molar refractivity (Wildman–Crippen MR) is 101 cm³/mol. The minimum Gasteiger partial charge on any atom is -0.360 e. The van der Waals surface area contributed by atoms with E-state index in [2.05, 4.69) is 4.98 Å². The maximum atomic E-state index is 13.2. The van der Waals surface area contributed by atoms with E-state index in [1.54, 1.807) is 18.1 Å². The van der Waals surface area contributed by atoms with Gasteiger partial charge in [-0.1, -0.05) is 18.2 Å². The van der Waals surface area contributed by atoms with Crippen LogP contribution in [0.25, 0.3) is 0 Å². The lowest BCUT2D eigenvalue weighted by molar-refractivity contribution is -0.144. The molecule has 0 aliphatic carbocycles. The van der Waals surface area contributed by atoms with E-state index in [9.17, 15) is 9.59 Å². The molecule has 144 valence electrons. The quantitative estimate of drug-likeness (QED) is 0.758. The largest absolute Gasteiger partial charge is 0.360 e. The molecule has 2 amide bonds. The van der Waals surface area contributed by atoms with Crippen LogP contribution in [0.2, 0.25) is 0 Å². The average molecular weight is 369 g/mol. The molecule has 1 spiro atoms. The summed E-state index contributed by atoms with van der Waals surface area (Å²) >= 11 is 0. The van der Waals surface area contributed by atoms with Gasteiger partial charge in [-0.2, -0.15) is 0 Å². The molecule has 3 aliphatic heterocycles. The molecule has 4 rings (SSSR count). The highest BCUT2D eigenvalue weighted by atomic mass is 16.5. The van der Waals surface area contributed by atoms with E-state index in [-0.39, 0.29) is 23.5 Å². The van der Waals surface area contributed by atoms with E-state index < -0.39 is 17.4 Å². The van der Waals surface area contributed by atoms with Crippen LogP contribution in [0.15, 0.2) is 36.5 Å². The number of likely N-dealkylation sites (N-methyl/N-ethyl adjacent to an activating group) is 1. The number of rotatable bonds is 4. The zero-order valence-corrected chi connectivity index (χ0v) is 16.4. The van der Waals surface area contributed by atoms with Crippen LogP contribution in [0, 0.1) is 11.8 Å². The van der Waals surface area contributed by atoms with Crippen LogP contribution in [-0.2, 0) is 20.7 Å². The van der Waals surface area contributed by atoms with Crippen molar-refractivity contribution < 1.29 is 14.3 Å². The van der Waals surface area contributed by atoms with Gasteiger partial charge < -0.3 is 14.5 Å². The van der Waals surface area contributed by atoms with Gasteiger partial charge in [0.1, 0.15) is 5.60 Å². The molecule has 0 unspecified atom stereocenters. The molecule has 0 aromatic carbocycles. The fourth-order valence-corrected chi connectivity index (χ4v) is 4.54. The summed E-state index contributed by atoms with van der Waals surface area (Å²) < 4.78 is 6.19. The average Bonchev–Trinajstić information content (AvgIpc) is 3.28. The van der Waals surface area contributed by atoms with Crippen LogP contribution in [-0.4, -0.2) is 64.0 Å². The van der Waals surface area contributed by atoms with E-state index in [1.807, 2.05) is 56.0 Å². The van der Waals surface area contributed by atoms with Crippen molar-refractivity contribution in [1.82, 2.24) is 14.8 Å². The third-order valence-electron chi connectivity index (χ3n) is 6.00. The number of hydrogen-bond acceptors (Lipinski definition) is 4. The summed E-state index contributed by atoms with van der Waals surface area (Å²) in [6.07, 6.45) is 6.11. The summed E-state index contributed by atoms with van der Waals surface area (Å²) in [5, 5.41) is 0. The van der Waals surface area contributed by atoms with Crippen LogP contribution < -0.4 is 0 Å². The molecule has 3 aliphatic rings. The molecule has 2 saturated heterocycles. The predicted octanol–water partition coefficient (Wildman–Crippen LogP) is 1.66. The van der Waals surface area contributed by atoms with Gasteiger partial charge in [-0.05, 0) is 32.9 Å². The number of ether oxygens (including phenoxy) is 1. The minimum absolute atomic E-state index is 0.0173. The number of fused-ring (bicyclic) bond motifs is 1. The number of aromatic nitrogens is 1. The maximum absolute atomic E-state index is 13.2. The van der Waals surface area contributed by atoms with Gasteiger partial charge in [0.25, 0.3) is 0 Å². The number of amides is 2. The molecule has 1 aromatic heterocycles. The number of pyridine rings is 1. The Labute approximate surface area is 160 Å². The molecule has 27 heavy (non-hydrogen) atoms. The molecule has 4 atom stereocenters. The van der Waals surface area contributed by atoms with E-state index in [1.165, 1.54) is 0 Å². The lowest BCUT2D eigenvalue weighted by Gasteiger charge is -2.34.